The van der Waals surface area contributed by atoms with Crippen molar-refractivity contribution in [2.75, 3.05) is 33.4 Å². The zero-order valence-electron chi connectivity index (χ0n) is 17.2. The van der Waals surface area contributed by atoms with E-state index in [0.717, 1.165) is 51.7 Å². The van der Waals surface area contributed by atoms with Gasteiger partial charge >= 0.3 is 0 Å². The summed E-state index contributed by atoms with van der Waals surface area (Å²) in [4.78, 5) is 4.28. The highest BCUT2D eigenvalue weighted by atomic mass is 16.5. The number of hydrogen-bond acceptors (Lipinski definition) is 4. The van der Waals surface area contributed by atoms with Crippen LogP contribution in [0.3, 0.4) is 0 Å². The van der Waals surface area contributed by atoms with E-state index in [4.69, 9.17) is 14.2 Å². The summed E-state index contributed by atoms with van der Waals surface area (Å²) in [7, 11) is 1.79. The molecule has 1 aliphatic rings. The average molecular weight is 378 g/mol. The number of nitrogens with one attached hydrogen (secondary N) is 2. The molecule has 0 spiro atoms. The highest BCUT2D eigenvalue weighted by Crippen LogP contribution is 2.13. The van der Waals surface area contributed by atoms with Gasteiger partial charge in [0.25, 0.3) is 0 Å². The van der Waals surface area contributed by atoms with Crippen LogP contribution in [0.4, 0.5) is 0 Å². The molecule has 6 nitrogen and oxygen atoms in total. The van der Waals surface area contributed by atoms with Crippen molar-refractivity contribution in [3.05, 3.63) is 35.4 Å². The number of guanidine groups is 1. The molecule has 0 bridgehead atoms. The third-order valence-electron chi connectivity index (χ3n) is 4.20. The summed E-state index contributed by atoms with van der Waals surface area (Å²) in [5.74, 6) is 0.801. The second kappa shape index (κ2) is 11.3. The first kappa shape index (κ1) is 21.7. The monoisotopic (exact) mass is 377 g/mol. The second-order valence-corrected chi connectivity index (χ2v) is 7.78. The second-order valence-electron chi connectivity index (χ2n) is 7.78. The maximum Gasteiger partial charge on any atom is 0.191 e. The fourth-order valence-electron chi connectivity index (χ4n) is 2.71. The van der Waals surface area contributed by atoms with E-state index in [1.54, 1.807) is 7.05 Å². The maximum absolute atomic E-state index is 5.85. The van der Waals surface area contributed by atoms with Crippen LogP contribution in [0.25, 0.3) is 0 Å². The summed E-state index contributed by atoms with van der Waals surface area (Å²) in [6, 6.07) is 8.44. The van der Waals surface area contributed by atoms with E-state index < -0.39 is 0 Å². The highest BCUT2D eigenvalue weighted by molar-refractivity contribution is 5.79. The lowest BCUT2D eigenvalue weighted by Crippen LogP contribution is -2.37. The number of ether oxygens (including phenoxy) is 3. The minimum atomic E-state index is -0.130. The standard InChI is InChI=1S/C21H35N3O3/c1-21(2,3)27-15-18-8-5-7-17(13-18)14-24-20(22-4)23-10-6-11-26-19-9-12-25-16-19/h5,7-8,13,19H,6,9-12,14-16H2,1-4H3,(H2,22,23,24). The van der Waals surface area contributed by atoms with Crippen LogP contribution in [-0.2, 0) is 27.4 Å². The minimum absolute atomic E-state index is 0.130. The van der Waals surface area contributed by atoms with Gasteiger partial charge in [0.05, 0.1) is 24.9 Å². The zero-order chi connectivity index (χ0) is 19.5. The predicted octanol–water partition coefficient (Wildman–Crippen LogP) is 2.86. The van der Waals surface area contributed by atoms with Crippen LogP contribution in [0.2, 0.25) is 0 Å². The van der Waals surface area contributed by atoms with E-state index in [1.807, 2.05) is 0 Å². The van der Waals surface area contributed by atoms with Gasteiger partial charge in [-0.1, -0.05) is 24.3 Å². The minimum Gasteiger partial charge on any atom is -0.379 e. The molecule has 0 saturated carbocycles. The first-order chi connectivity index (χ1) is 13.0. The molecule has 27 heavy (non-hydrogen) atoms. The van der Waals surface area contributed by atoms with E-state index in [1.165, 1.54) is 11.1 Å². The average Bonchev–Trinajstić information content (AvgIpc) is 3.15. The third kappa shape index (κ3) is 9.22. The molecule has 6 heteroatoms. The summed E-state index contributed by atoms with van der Waals surface area (Å²) < 4.78 is 16.9. The lowest BCUT2D eigenvalue weighted by atomic mass is 10.1. The van der Waals surface area contributed by atoms with Gasteiger partial charge in [-0.15, -0.1) is 0 Å². The number of aliphatic imine (C=N–C) groups is 1. The quantitative estimate of drug-likeness (QED) is 0.394. The van der Waals surface area contributed by atoms with Gasteiger partial charge in [-0.25, -0.2) is 0 Å². The fourth-order valence-corrected chi connectivity index (χ4v) is 2.71. The predicted molar refractivity (Wildman–Crippen MR) is 109 cm³/mol. The van der Waals surface area contributed by atoms with Crippen LogP contribution >= 0.6 is 0 Å². The topological polar surface area (TPSA) is 64.1 Å². The largest absolute Gasteiger partial charge is 0.379 e. The summed E-state index contributed by atoms with van der Waals surface area (Å²) in [5.41, 5.74) is 2.26. The molecule has 1 fully saturated rings. The summed E-state index contributed by atoms with van der Waals surface area (Å²) in [6.07, 6.45) is 2.23. The third-order valence-corrected chi connectivity index (χ3v) is 4.20. The van der Waals surface area contributed by atoms with Gasteiger partial charge in [0.1, 0.15) is 0 Å². The molecule has 2 N–H and O–H groups in total. The molecule has 0 amide bonds. The normalized spacial score (nSPS) is 17.9. The first-order valence-electron chi connectivity index (χ1n) is 9.82. The van der Waals surface area contributed by atoms with Crippen LogP contribution in [0, 0.1) is 0 Å². The number of nitrogens with zero attached hydrogens (tertiary/aromatic N) is 1. The van der Waals surface area contributed by atoms with Crippen molar-refractivity contribution in [2.24, 2.45) is 4.99 Å². The molecular weight excluding hydrogens is 342 g/mol. The van der Waals surface area contributed by atoms with Crippen LogP contribution < -0.4 is 10.6 Å². The first-order valence-corrected chi connectivity index (χ1v) is 9.82. The molecule has 0 aromatic heterocycles. The van der Waals surface area contributed by atoms with Crippen molar-refractivity contribution in [2.45, 2.75) is 58.5 Å². The molecule has 1 aromatic carbocycles. The summed E-state index contributed by atoms with van der Waals surface area (Å²) >= 11 is 0. The Morgan fingerprint density at radius 1 is 1.26 bits per heavy atom. The molecular formula is C21H35N3O3. The smallest absolute Gasteiger partial charge is 0.191 e. The van der Waals surface area contributed by atoms with Gasteiger partial charge in [0.15, 0.2) is 5.96 Å². The molecule has 2 rings (SSSR count). The Balaban J connectivity index is 1.65. The Labute approximate surface area is 163 Å². The number of hydrogen-bond donors (Lipinski definition) is 2. The SMILES string of the molecule is CN=C(NCCCOC1CCOC1)NCc1cccc(COC(C)(C)C)c1. The van der Waals surface area contributed by atoms with Crippen molar-refractivity contribution in [3.8, 4) is 0 Å². The molecule has 152 valence electrons. The van der Waals surface area contributed by atoms with Crippen molar-refractivity contribution >= 4 is 5.96 Å². The molecule has 0 radical (unpaired) electrons. The lowest BCUT2D eigenvalue weighted by molar-refractivity contribution is -0.0149. The molecule has 1 unspecified atom stereocenters. The van der Waals surface area contributed by atoms with E-state index in [2.05, 4.69) is 60.7 Å². The Morgan fingerprint density at radius 3 is 2.78 bits per heavy atom. The van der Waals surface area contributed by atoms with Crippen molar-refractivity contribution in [1.29, 1.82) is 0 Å². The van der Waals surface area contributed by atoms with Crippen LogP contribution in [0.15, 0.2) is 29.3 Å². The molecule has 1 aliphatic heterocycles. The van der Waals surface area contributed by atoms with E-state index in [-0.39, 0.29) is 11.7 Å². The summed E-state index contributed by atoms with van der Waals surface area (Å²) in [6.45, 7) is 10.7. The van der Waals surface area contributed by atoms with Gasteiger partial charge in [0, 0.05) is 33.4 Å². The fraction of sp³-hybridized carbons (Fsp3) is 0.667. The molecule has 1 aromatic rings. The van der Waals surface area contributed by atoms with Gasteiger partial charge in [-0.3, -0.25) is 4.99 Å². The molecule has 1 heterocycles. The van der Waals surface area contributed by atoms with Crippen molar-refractivity contribution < 1.29 is 14.2 Å². The van der Waals surface area contributed by atoms with Gasteiger partial charge < -0.3 is 24.8 Å². The Kier molecular flexibility index (Phi) is 9.04. The maximum atomic E-state index is 5.85. The van der Waals surface area contributed by atoms with Crippen LogP contribution in [-0.4, -0.2) is 51.1 Å². The molecule has 1 saturated heterocycles. The Morgan fingerprint density at radius 2 is 2.07 bits per heavy atom. The highest BCUT2D eigenvalue weighted by Gasteiger charge is 2.15. The zero-order valence-corrected chi connectivity index (χ0v) is 17.2. The number of benzene rings is 1. The van der Waals surface area contributed by atoms with Gasteiger partial charge in [-0.2, -0.15) is 0 Å². The van der Waals surface area contributed by atoms with Crippen LogP contribution in [0.1, 0.15) is 44.7 Å². The molecule has 1 atom stereocenters. The summed E-state index contributed by atoms with van der Waals surface area (Å²) in [5, 5.41) is 6.68. The van der Waals surface area contributed by atoms with E-state index in [9.17, 15) is 0 Å². The van der Waals surface area contributed by atoms with Crippen molar-refractivity contribution in [1.82, 2.24) is 10.6 Å². The van der Waals surface area contributed by atoms with Crippen LogP contribution in [0.5, 0.6) is 0 Å². The van der Waals surface area contributed by atoms with Crippen molar-refractivity contribution in [3.63, 3.8) is 0 Å². The lowest BCUT2D eigenvalue weighted by Gasteiger charge is -2.19. The number of rotatable bonds is 9. The molecule has 0 aliphatic carbocycles. The van der Waals surface area contributed by atoms with E-state index in [0.29, 0.717) is 6.61 Å². The van der Waals surface area contributed by atoms with E-state index >= 15 is 0 Å². The van der Waals surface area contributed by atoms with Gasteiger partial charge in [0.2, 0.25) is 0 Å². The Hall–Kier alpha value is -1.63. The Bertz CT molecular complexity index is 578. The van der Waals surface area contributed by atoms with Gasteiger partial charge in [-0.05, 0) is 44.7 Å².